The van der Waals surface area contributed by atoms with Crippen LogP contribution in [0, 0.1) is 0 Å². The lowest BCUT2D eigenvalue weighted by atomic mass is 10.1. The van der Waals surface area contributed by atoms with Crippen LogP contribution in [0.15, 0.2) is 95.7 Å². The number of nitrogens with zero attached hydrogens (tertiary/aromatic N) is 2. The zero-order valence-electron chi connectivity index (χ0n) is 18.4. The number of carbonyl (C=O) groups excluding carboxylic acids is 1. The molecule has 0 aliphatic heterocycles. The molecule has 0 saturated carbocycles. The van der Waals surface area contributed by atoms with E-state index >= 15 is 0 Å². The van der Waals surface area contributed by atoms with Crippen LogP contribution in [0.5, 0.6) is 5.75 Å². The molecule has 0 bridgehead atoms. The Bertz CT molecular complexity index is 1350. The Kier molecular flexibility index (Phi) is 5.90. The summed E-state index contributed by atoms with van der Waals surface area (Å²) < 4.78 is 15.9. The third kappa shape index (κ3) is 4.31. The summed E-state index contributed by atoms with van der Waals surface area (Å²) in [6.45, 7) is -0.178. The number of rotatable bonds is 7. The van der Waals surface area contributed by atoms with Gasteiger partial charge in [0, 0.05) is 16.7 Å². The minimum absolute atomic E-state index is 0.178. The van der Waals surface area contributed by atoms with Gasteiger partial charge in [-0.1, -0.05) is 72.8 Å². The van der Waals surface area contributed by atoms with Crippen LogP contribution in [0.25, 0.3) is 45.4 Å². The lowest BCUT2D eigenvalue weighted by Crippen LogP contribution is -2.12. The molecule has 7 heteroatoms. The van der Waals surface area contributed by atoms with Crippen molar-refractivity contribution < 1.29 is 18.7 Å². The van der Waals surface area contributed by atoms with Gasteiger partial charge in [-0.25, -0.2) is 14.8 Å². The quantitative estimate of drug-likeness (QED) is 0.323. The van der Waals surface area contributed by atoms with Crippen molar-refractivity contribution in [1.29, 1.82) is 0 Å². The molecule has 7 nitrogen and oxygen atoms in total. The molecule has 1 N–H and O–H groups in total. The van der Waals surface area contributed by atoms with E-state index in [1.54, 1.807) is 12.1 Å². The number of ether oxygens (including phenoxy) is 2. The fourth-order valence-corrected chi connectivity index (χ4v) is 3.65. The van der Waals surface area contributed by atoms with Crippen LogP contribution in [0.2, 0.25) is 0 Å². The van der Waals surface area contributed by atoms with Crippen molar-refractivity contribution in [2.75, 3.05) is 13.7 Å². The maximum Gasteiger partial charge on any atom is 0.343 e. The second-order valence-corrected chi connectivity index (χ2v) is 7.46. The van der Waals surface area contributed by atoms with E-state index in [0.29, 0.717) is 23.0 Å². The van der Waals surface area contributed by atoms with Crippen molar-refractivity contribution in [2.24, 2.45) is 0 Å². The first-order valence-corrected chi connectivity index (χ1v) is 10.7. The number of aromatic amines is 1. The van der Waals surface area contributed by atoms with Crippen molar-refractivity contribution in [3.05, 3.63) is 91.3 Å². The van der Waals surface area contributed by atoms with E-state index in [-0.39, 0.29) is 6.61 Å². The molecule has 5 aromatic rings. The molecule has 0 radical (unpaired) electrons. The van der Waals surface area contributed by atoms with Gasteiger partial charge in [-0.05, 0) is 12.1 Å². The van der Waals surface area contributed by atoms with Crippen LogP contribution in [-0.4, -0.2) is 34.6 Å². The molecule has 0 amide bonds. The third-order valence-corrected chi connectivity index (χ3v) is 5.29. The molecule has 2 aromatic heterocycles. The van der Waals surface area contributed by atoms with E-state index in [1.165, 1.54) is 13.5 Å². The van der Waals surface area contributed by atoms with E-state index in [0.717, 1.165) is 28.1 Å². The Labute approximate surface area is 196 Å². The van der Waals surface area contributed by atoms with Crippen molar-refractivity contribution >= 4 is 5.97 Å². The lowest BCUT2D eigenvalue weighted by Gasteiger charge is -2.06. The zero-order chi connectivity index (χ0) is 23.3. The number of carbonyl (C=O) groups is 1. The van der Waals surface area contributed by atoms with Crippen LogP contribution in [0.4, 0.5) is 0 Å². The van der Waals surface area contributed by atoms with Crippen molar-refractivity contribution in [3.8, 4) is 51.1 Å². The fraction of sp³-hybridized carbons (Fsp3) is 0.0741. The van der Waals surface area contributed by atoms with E-state index in [4.69, 9.17) is 14.1 Å². The highest BCUT2D eigenvalue weighted by Gasteiger charge is 2.21. The van der Waals surface area contributed by atoms with Gasteiger partial charge in [0.05, 0.1) is 18.5 Å². The number of H-pyrrole nitrogens is 1. The van der Waals surface area contributed by atoms with Crippen LogP contribution in [0.1, 0.15) is 0 Å². The molecule has 0 aliphatic rings. The summed E-state index contributed by atoms with van der Waals surface area (Å²) in [5.74, 6) is 1.18. The average Bonchev–Trinajstić information content (AvgIpc) is 3.56. The second kappa shape index (κ2) is 9.46. The topological polar surface area (TPSA) is 90.2 Å². The van der Waals surface area contributed by atoms with Crippen molar-refractivity contribution in [1.82, 2.24) is 15.0 Å². The Balaban J connectivity index is 1.55. The van der Waals surface area contributed by atoms with Gasteiger partial charge in [0.25, 0.3) is 0 Å². The monoisotopic (exact) mass is 451 g/mol. The summed E-state index contributed by atoms with van der Waals surface area (Å²) in [6.07, 6.45) is 1.39. The van der Waals surface area contributed by atoms with Crippen LogP contribution < -0.4 is 4.74 Å². The number of hydrogen-bond donors (Lipinski definition) is 1. The Morgan fingerprint density at radius 2 is 1.59 bits per heavy atom. The first kappa shape index (κ1) is 21.2. The molecule has 168 valence electrons. The van der Waals surface area contributed by atoms with Crippen LogP contribution >= 0.6 is 0 Å². The minimum atomic E-state index is -0.455. The summed E-state index contributed by atoms with van der Waals surface area (Å²) in [5.41, 5.74) is 5.05. The Hall–Kier alpha value is -4.65. The minimum Gasteiger partial charge on any atom is -0.482 e. The molecule has 0 fully saturated rings. The van der Waals surface area contributed by atoms with Crippen LogP contribution in [0.3, 0.4) is 0 Å². The fourth-order valence-electron chi connectivity index (χ4n) is 3.65. The van der Waals surface area contributed by atoms with E-state index < -0.39 is 5.97 Å². The van der Waals surface area contributed by atoms with Crippen molar-refractivity contribution in [3.63, 3.8) is 0 Å². The van der Waals surface area contributed by atoms with Gasteiger partial charge < -0.3 is 18.9 Å². The molecule has 0 aliphatic carbocycles. The number of benzene rings is 3. The highest BCUT2D eigenvalue weighted by atomic mass is 16.6. The normalized spacial score (nSPS) is 10.7. The van der Waals surface area contributed by atoms with E-state index in [2.05, 4.69) is 14.7 Å². The molecular weight excluding hydrogens is 430 g/mol. The molecular formula is C27H21N3O4. The molecule has 3 aromatic carbocycles. The Morgan fingerprint density at radius 1 is 0.882 bits per heavy atom. The molecule has 0 unspecified atom stereocenters. The number of aromatic nitrogens is 3. The van der Waals surface area contributed by atoms with Crippen molar-refractivity contribution in [2.45, 2.75) is 0 Å². The average molecular weight is 451 g/mol. The van der Waals surface area contributed by atoms with Gasteiger partial charge in [-0.2, -0.15) is 0 Å². The van der Waals surface area contributed by atoms with Crippen LogP contribution in [-0.2, 0) is 9.53 Å². The summed E-state index contributed by atoms with van der Waals surface area (Å²) in [5, 5.41) is 0. The number of nitrogens with one attached hydrogen (secondary N) is 1. The van der Waals surface area contributed by atoms with Gasteiger partial charge in [0.1, 0.15) is 5.75 Å². The highest BCUT2D eigenvalue weighted by molar-refractivity contribution is 5.83. The maximum atomic E-state index is 11.4. The zero-order valence-corrected chi connectivity index (χ0v) is 18.4. The van der Waals surface area contributed by atoms with Gasteiger partial charge in [0.2, 0.25) is 0 Å². The maximum absolute atomic E-state index is 11.4. The standard InChI is InChI=1S/C27H21N3O4/c1-32-22(31)16-33-21-14-8-13-20(15-21)26-25(28-17-34-26)27-29-23(18-9-4-2-5-10-18)24(30-27)19-11-6-3-7-12-19/h2-15,17H,16H2,1H3,(H,29,30). The molecule has 34 heavy (non-hydrogen) atoms. The first-order valence-electron chi connectivity index (χ1n) is 10.7. The van der Waals surface area contributed by atoms with E-state index in [9.17, 15) is 4.79 Å². The largest absolute Gasteiger partial charge is 0.482 e. The Morgan fingerprint density at radius 3 is 2.32 bits per heavy atom. The second-order valence-electron chi connectivity index (χ2n) is 7.46. The van der Waals surface area contributed by atoms with Gasteiger partial charge in [-0.3, -0.25) is 0 Å². The van der Waals surface area contributed by atoms with Gasteiger partial charge >= 0.3 is 5.97 Å². The predicted molar refractivity (Wildman–Crippen MR) is 128 cm³/mol. The first-order chi connectivity index (χ1) is 16.7. The number of esters is 1. The number of oxazole rings is 1. The molecule has 5 rings (SSSR count). The van der Waals surface area contributed by atoms with Gasteiger partial charge in [-0.15, -0.1) is 0 Å². The highest BCUT2D eigenvalue weighted by Crippen LogP contribution is 2.36. The summed E-state index contributed by atoms with van der Waals surface area (Å²) in [6, 6.07) is 27.3. The summed E-state index contributed by atoms with van der Waals surface area (Å²) >= 11 is 0. The number of methoxy groups -OCH3 is 1. The smallest absolute Gasteiger partial charge is 0.343 e. The van der Waals surface area contributed by atoms with Gasteiger partial charge in [0.15, 0.2) is 30.3 Å². The number of hydrogen-bond acceptors (Lipinski definition) is 6. The molecule has 0 spiro atoms. The lowest BCUT2D eigenvalue weighted by molar-refractivity contribution is -0.142. The third-order valence-electron chi connectivity index (χ3n) is 5.29. The molecule has 2 heterocycles. The predicted octanol–water partition coefficient (Wildman–Crippen LogP) is 5.62. The molecule has 0 atom stereocenters. The molecule has 0 saturated heterocycles. The number of imidazole rings is 1. The summed E-state index contributed by atoms with van der Waals surface area (Å²) in [4.78, 5) is 24.2. The van der Waals surface area contributed by atoms with E-state index in [1.807, 2.05) is 72.8 Å². The summed E-state index contributed by atoms with van der Waals surface area (Å²) in [7, 11) is 1.32. The SMILES string of the molecule is COC(=O)COc1cccc(-c2ocnc2-c2nc(-c3ccccc3)c(-c3ccccc3)[nH]2)c1.